The second-order valence-corrected chi connectivity index (χ2v) is 11.3. The SMILES string of the molecule is C[N+]1(C)CCN([C@H]2CC[C@@H](n3cc(-c4ccc(Oc5ccccc5)cc4F)c4c(N)ncnc43)CC2)CC1. The lowest BCUT2D eigenvalue weighted by Crippen LogP contribution is -2.57. The molecule has 0 amide bonds. The van der Waals surface area contributed by atoms with Crippen LogP contribution in [0.25, 0.3) is 22.2 Å². The number of hydrogen-bond acceptors (Lipinski definition) is 5. The Balaban J connectivity index is 1.25. The first-order valence-electron chi connectivity index (χ1n) is 13.6. The van der Waals surface area contributed by atoms with Crippen LogP contribution in [0.4, 0.5) is 10.2 Å². The standard InChI is InChI=1S/C30H36FN6O/c1-37(2)16-14-35(15-17-37)21-8-10-22(11-9-21)36-19-26(28-29(32)33-20-34-30(28)36)25-13-12-24(18-27(25)31)38-23-6-4-3-5-7-23/h3-7,12-13,18-22H,8-11,14-17H2,1-2H3,(H2,32,33,34)/q+1/t21-,22+. The van der Waals surface area contributed by atoms with Gasteiger partial charge in [-0.05, 0) is 49.9 Å². The zero-order chi connectivity index (χ0) is 26.3. The van der Waals surface area contributed by atoms with Crippen LogP contribution in [0.1, 0.15) is 31.7 Å². The van der Waals surface area contributed by atoms with Gasteiger partial charge in [0.05, 0.1) is 32.6 Å². The number of halogens is 1. The number of aromatic nitrogens is 3. The van der Waals surface area contributed by atoms with Crippen molar-refractivity contribution in [2.45, 2.75) is 37.8 Å². The highest BCUT2D eigenvalue weighted by Gasteiger charge is 2.33. The quantitative estimate of drug-likeness (QED) is 0.356. The Bertz CT molecular complexity index is 1420. The zero-order valence-corrected chi connectivity index (χ0v) is 22.2. The summed E-state index contributed by atoms with van der Waals surface area (Å²) in [5, 5.41) is 0.710. The number of nitrogens with zero attached hydrogens (tertiary/aromatic N) is 5. The summed E-state index contributed by atoms with van der Waals surface area (Å²) < 4.78 is 24.6. The predicted molar refractivity (Wildman–Crippen MR) is 149 cm³/mol. The van der Waals surface area contributed by atoms with Gasteiger partial charge in [0.25, 0.3) is 0 Å². The number of hydrogen-bond donors (Lipinski definition) is 1. The van der Waals surface area contributed by atoms with Gasteiger partial charge in [-0.25, -0.2) is 14.4 Å². The molecule has 1 aliphatic heterocycles. The molecule has 198 valence electrons. The highest BCUT2D eigenvalue weighted by atomic mass is 19.1. The molecule has 1 saturated carbocycles. The summed E-state index contributed by atoms with van der Waals surface area (Å²) in [4.78, 5) is 11.5. The molecule has 1 saturated heterocycles. The molecular weight excluding hydrogens is 479 g/mol. The van der Waals surface area contributed by atoms with E-state index in [9.17, 15) is 0 Å². The van der Waals surface area contributed by atoms with E-state index in [2.05, 4.69) is 33.5 Å². The molecule has 0 radical (unpaired) electrons. The number of quaternary nitrogens is 1. The lowest BCUT2D eigenvalue weighted by atomic mass is 9.89. The second-order valence-electron chi connectivity index (χ2n) is 11.3. The lowest BCUT2D eigenvalue weighted by Gasteiger charge is -2.44. The monoisotopic (exact) mass is 515 g/mol. The summed E-state index contributed by atoms with van der Waals surface area (Å²) in [6.45, 7) is 4.77. The fourth-order valence-electron chi connectivity index (χ4n) is 6.08. The van der Waals surface area contributed by atoms with Gasteiger partial charge in [-0.2, -0.15) is 0 Å². The highest BCUT2D eigenvalue weighted by molar-refractivity contribution is 6.00. The van der Waals surface area contributed by atoms with E-state index >= 15 is 4.39 Å². The minimum absolute atomic E-state index is 0.303. The van der Waals surface area contributed by atoms with E-state index in [1.807, 2.05) is 36.5 Å². The molecule has 1 aliphatic carbocycles. The molecule has 2 fully saturated rings. The summed E-state index contributed by atoms with van der Waals surface area (Å²) in [6.07, 6.45) is 7.99. The third kappa shape index (κ3) is 4.86. The molecule has 7 nitrogen and oxygen atoms in total. The van der Waals surface area contributed by atoms with Gasteiger partial charge in [-0.15, -0.1) is 0 Å². The molecule has 2 N–H and O–H groups in total. The van der Waals surface area contributed by atoms with Gasteiger partial charge >= 0.3 is 0 Å². The van der Waals surface area contributed by atoms with Crippen molar-refractivity contribution in [2.75, 3.05) is 46.0 Å². The van der Waals surface area contributed by atoms with Crippen molar-refractivity contribution >= 4 is 16.9 Å². The Hall–Kier alpha value is -3.49. The summed E-state index contributed by atoms with van der Waals surface area (Å²) in [5.74, 6) is 1.12. The van der Waals surface area contributed by atoms with Gasteiger partial charge in [0.2, 0.25) is 0 Å². The molecule has 4 aromatic rings. The van der Waals surface area contributed by atoms with Gasteiger partial charge in [0.15, 0.2) is 0 Å². The molecule has 2 aliphatic rings. The molecule has 2 aromatic heterocycles. The largest absolute Gasteiger partial charge is 0.457 e. The van der Waals surface area contributed by atoms with E-state index in [0.29, 0.717) is 40.4 Å². The van der Waals surface area contributed by atoms with Crippen LogP contribution in [0.2, 0.25) is 0 Å². The Morgan fingerprint density at radius 2 is 1.61 bits per heavy atom. The fraction of sp³-hybridized carbons (Fsp3) is 0.400. The van der Waals surface area contributed by atoms with Crippen molar-refractivity contribution in [1.29, 1.82) is 0 Å². The summed E-state index contributed by atoms with van der Waals surface area (Å²) >= 11 is 0. The minimum atomic E-state index is -0.365. The topological polar surface area (TPSA) is 69.2 Å². The molecule has 6 rings (SSSR count). The molecular formula is C30H36FN6O+. The molecule has 0 unspecified atom stereocenters. The first kappa shape index (κ1) is 24.8. The van der Waals surface area contributed by atoms with Crippen LogP contribution in [0.3, 0.4) is 0 Å². The zero-order valence-electron chi connectivity index (χ0n) is 22.2. The number of benzene rings is 2. The van der Waals surface area contributed by atoms with Crippen molar-refractivity contribution in [3.8, 4) is 22.6 Å². The predicted octanol–water partition coefficient (Wildman–Crippen LogP) is 5.49. The van der Waals surface area contributed by atoms with E-state index in [1.54, 1.807) is 12.1 Å². The van der Waals surface area contributed by atoms with Gasteiger partial charge in [0, 0.05) is 48.6 Å². The first-order valence-corrected chi connectivity index (χ1v) is 13.6. The average molecular weight is 516 g/mol. The van der Waals surface area contributed by atoms with Crippen molar-refractivity contribution in [1.82, 2.24) is 19.4 Å². The van der Waals surface area contributed by atoms with Crippen molar-refractivity contribution in [3.05, 3.63) is 66.9 Å². The molecule has 0 atom stereocenters. The number of nitrogen functional groups attached to an aromatic ring is 1. The van der Waals surface area contributed by atoms with Crippen molar-refractivity contribution in [2.24, 2.45) is 0 Å². The van der Waals surface area contributed by atoms with E-state index in [0.717, 1.165) is 41.4 Å². The van der Waals surface area contributed by atoms with E-state index < -0.39 is 0 Å². The van der Waals surface area contributed by atoms with Crippen LogP contribution >= 0.6 is 0 Å². The molecule has 3 heterocycles. The number of nitrogens with two attached hydrogens (primary N) is 1. The van der Waals surface area contributed by atoms with Crippen LogP contribution in [-0.2, 0) is 0 Å². The fourth-order valence-corrected chi connectivity index (χ4v) is 6.08. The van der Waals surface area contributed by atoms with E-state index in [-0.39, 0.29) is 5.82 Å². The maximum Gasteiger partial charge on any atom is 0.146 e. The van der Waals surface area contributed by atoms with E-state index in [1.165, 1.54) is 38.6 Å². The minimum Gasteiger partial charge on any atom is -0.457 e. The molecule has 38 heavy (non-hydrogen) atoms. The summed E-state index contributed by atoms with van der Waals surface area (Å²) in [7, 11) is 4.65. The average Bonchev–Trinajstić information content (AvgIpc) is 3.30. The molecule has 0 spiro atoms. The van der Waals surface area contributed by atoms with Crippen LogP contribution in [0, 0.1) is 5.82 Å². The normalized spacial score (nSPS) is 22.0. The van der Waals surface area contributed by atoms with Crippen molar-refractivity contribution in [3.63, 3.8) is 0 Å². The number of anilines is 1. The second kappa shape index (κ2) is 10.0. The maximum absolute atomic E-state index is 15.5. The highest BCUT2D eigenvalue weighted by Crippen LogP contribution is 2.40. The number of likely N-dealkylation sites (N-methyl/N-ethyl adjacent to an activating group) is 1. The van der Waals surface area contributed by atoms with Gasteiger partial charge < -0.3 is 19.5 Å². The van der Waals surface area contributed by atoms with Crippen LogP contribution in [-0.4, -0.2) is 70.2 Å². The lowest BCUT2D eigenvalue weighted by molar-refractivity contribution is -0.894. The van der Waals surface area contributed by atoms with Crippen molar-refractivity contribution < 1.29 is 13.6 Å². The van der Waals surface area contributed by atoms with Crippen LogP contribution in [0.15, 0.2) is 61.1 Å². The Labute approximate surface area is 223 Å². The number of rotatable bonds is 5. The van der Waals surface area contributed by atoms with Gasteiger partial charge in [-0.3, -0.25) is 4.90 Å². The third-order valence-corrected chi connectivity index (χ3v) is 8.41. The summed E-state index contributed by atoms with van der Waals surface area (Å²) in [5.41, 5.74) is 8.31. The Morgan fingerprint density at radius 3 is 2.32 bits per heavy atom. The van der Waals surface area contributed by atoms with Gasteiger partial charge in [0.1, 0.15) is 35.1 Å². The molecule has 2 aromatic carbocycles. The third-order valence-electron chi connectivity index (χ3n) is 8.41. The number of piperazine rings is 1. The Kier molecular flexibility index (Phi) is 6.53. The molecule has 8 heteroatoms. The number of fused-ring (bicyclic) bond motifs is 1. The molecule has 0 bridgehead atoms. The van der Waals surface area contributed by atoms with Crippen LogP contribution < -0.4 is 10.5 Å². The van der Waals surface area contributed by atoms with E-state index in [4.69, 9.17) is 10.5 Å². The summed E-state index contributed by atoms with van der Waals surface area (Å²) in [6, 6.07) is 15.3. The van der Waals surface area contributed by atoms with Gasteiger partial charge in [-0.1, -0.05) is 18.2 Å². The smallest absolute Gasteiger partial charge is 0.146 e. The number of para-hydroxylation sites is 1. The number of ether oxygens (including phenoxy) is 1. The van der Waals surface area contributed by atoms with Crippen LogP contribution in [0.5, 0.6) is 11.5 Å². The first-order chi connectivity index (χ1) is 18.4. The Morgan fingerprint density at radius 1 is 0.895 bits per heavy atom. The maximum atomic E-state index is 15.5.